The van der Waals surface area contributed by atoms with Gasteiger partial charge >= 0.3 is 0 Å². The molecule has 1 saturated carbocycles. The lowest BCUT2D eigenvalue weighted by atomic mass is 10.1. The Morgan fingerprint density at radius 2 is 1.91 bits per heavy atom. The molecule has 2 atom stereocenters. The van der Waals surface area contributed by atoms with Crippen LogP contribution in [0.1, 0.15) is 23.5 Å². The van der Waals surface area contributed by atoms with Crippen LogP contribution in [0.15, 0.2) is 42.5 Å². The Hall–Kier alpha value is -2.26. The number of nitrogens with one attached hydrogen (secondary N) is 2. The smallest absolute Gasteiger partial charge is 0.234 e. The maximum atomic E-state index is 14.5. The van der Waals surface area contributed by atoms with E-state index in [-0.39, 0.29) is 49.2 Å². The molecule has 0 radical (unpaired) electrons. The first-order valence-corrected chi connectivity index (χ1v) is 11.1. The molecule has 1 amide bonds. The highest BCUT2D eigenvalue weighted by molar-refractivity contribution is 5.85. The van der Waals surface area contributed by atoms with E-state index in [4.69, 9.17) is 9.47 Å². The zero-order valence-electron chi connectivity index (χ0n) is 18.4. The monoisotopic (exact) mass is 481 g/mol. The van der Waals surface area contributed by atoms with Gasteiger partial charge in [0.1, 0.15) is 12.4 Å². The molecule has 180 valence electrons. The van der Waals surface area contributed by atoms with Crippen molar-refractivity contribution in [3.8, 4) is 5.75 Å². The molecule has 33 heavy (non-hydrogen) atoms. The summed E-state index contributed by atoms with van der Waals surface area (Å²) in [5.74, 6) is -1.43. The number of carbonyl (C=O) groups excluding carboxylic acids is 1. The minimum Gasteiger partial charge on any atom is -0.486 e. The molecular weight excluding hydrogens is 452 g/mol. The first kappa shape index (κ1) is 25.4. The Bertz CT molecular complexity index is 913. The topological polar surface area (TPSA) is 62.8 Å². The van der Waals surface area contributed by atoms with E-state index in [1.807, 2.05) is 30.3 Å². The van der Waals surface area contributed by atoms with Crippen LogP contribution in [0.25, 0.3) is 0 Å². The SMILES string of the molecule is Cl.O=C(CN[C@@H]1C[C@H]1c1cc(F)cc(F)c1OCc1ccccc1)NCCN1CCOCC1. The second-order valence-electron chi connectivity index (χ2n) is 8.21. The van der Waals surface area contributed by atoms with E-state index in [9.17, 15) is 13.6 Å². The van der Waals surface area contributed by atoms with Crippen LogP contribution >= 0.6 is 12.4 Å². The number of nitrogens with zero attached hydrogens (tertiary/aromatic N) is 1. The zero-order valence-corrected chi connectivity index (χ0v) is 19.2. The second kappa shape index (κ2) is 12.3. The van der Waals surface area contributed by atoms with Gasteiger partial charge in [-0.15, -0.1) is 12.4 Å². The number of rotatable bonds is 10. The normalized spacial score (nSPS) is 20.1. The molecule has 0 spiro atoms. The molecule has 4 rings (SSSR count). The maximum Gasteiger partial charge on any atom is 0.234 e. The summed E-state index contributed by atoms with van der Waals surface area (Å²) >= 11 is 0. The Morgan fingerprint density at radius 3 is 2.67 bits per heavy atom. The summed E-state index contributed by atoms with van der Waals surface area (Å²) in [4.78, 5) is 14.4. The molecule has 1 aliphatic heterocycles. The molecule has 1 saturated heterocycles. The summed E-state index contributed by atoms with van der Waals surface area (Å²) < 4.78 is 39.4. The van der Waals surface area contributed by atoms with Crippen LogP contribution in [0.5, 0.6) is 5.75 Å². The van der Waals surface area contributed by atoms with Gasteiger partial charge in [-0.2, -0.15) is 0 Å². The van der Waals surface area contributed by atoms with Crippen LogP contribution in [0.3, 0.4) is 0 Å². The highest BCUT2D eigenvalue weighted by Gasteiger charge is 2.41. The molecule has 2 fully saturated rings. The molecule has 0 unspecified atom stereocenters. The van der Waals surface area contributed by atoms with Crippen molar-refractivity contribution >= 4 is 18.3 Å². The standard InChI is InChI=1S/C24H29F2N3O3.ClH/c25-18-12-20(24(21(26)13-18)32-16-17-4-2-1-3-5-17)19-14-22(19)28-15-23(30)27-6-7-29-8-10-31-11-9-29;/h1-5,12-13,19,22,28H,6-11,14-16H2,(H,27,30);1H/t19-,22+;/m0./s1. The Balaban J connectivity index is 0.00000306. The molecule has 0 bridgehead atoms. The lowest BCUT2D eigenvalue weighted by Crippen LogP contribution is -2.43. The van der Waals surface area contributed by atoms with Gasteiger partial charge in [0.25, 0.3) is 0 Å². The van der Waals surface area contributed by atoms with Gasteiger partial charge in [0.2, 0.25) is 5.91 Å². The fourth-order valence-electron chi connectivity index (χ4n) is 3.97. The van der Waals surface area contributed by atoms with Crippen molar-refractivity contribution in [3.63, 3.8) is 0 Å². The predicted octanol–water partition coefficient (Wildman–Crippen LogP) is 2.86. The number of amides is 1. The third-order valence-corrected chi connectivity index (χ3v) is 5.83. The van der Waals surface area contributed by atoms with E-state index in [0.717, 1.165) is 44.5 Å². The zero-order chi connectivity index (χ0) is 22.3. The Kier molecular flexibility index (Phi) is 9.43. The van der Waals surface area contributed by atoms with Crippen molar-refractivity contribution in [3.05, 3.63) is 65.2 Å². The van der Waals surface area contributed by atoms with Crippen molar-refractivity contribution in [2.24, 2.45) is 0 Å². The minimum atomic E-state index is -0.706. The molecule has 2 N–H and O–H groups in total. The molecule has 1 heterocycles. The average Bonchev–Trinajstić information content (AvgIpc) is 3.58. The highest BCUT2D eigenvalue weighted by Crippen LogP contribution is 2.46. The van der Waals surface area contributed by atoms with E-state index in [1.54, 1.807) is 0 Å². The molecule has 9 heteroatoms. The summed E-state index contributed by atoms with van der Waals surface area (Å²) in [5, 5.41) is 6.09. The largest absolute Gasteiger partial charge is 0.486 e. The Morgan fingerprint density at radius 1 is 1.15 bits per heavy atom. The van der Waals surface area contributed by atoms with Crippen LogP contribution in [0.4, 0.5) is 8.78 Å². The van der Waals surface area contributed by atoms with Gasteiger partial charge in [0.05, 0.1) is 19.8 Å². The molecule has 2 aliphatic rings. The lowest BCUT2D eigenvalue weighted by Gasteiger charge is -2.26. The van der Waals surface area contributed by atoms with Gasteiger partial charge < -0.3 is 20.1 Å². The molecule has 0 aromatic heterocycles. The van der Waals surface area contributed by atoms with Crippen LogP contribution in [-0.4, -0.2) is 62.8 Å². The van der Waals surface area contributed by atoms with E-state index < -0.39 is 11.6 Å². The highest BCUT2D eigenvalue weighted by atomic mass is 35.5. The van der Waals surface area contributed by atoms with Crippen molar-refractivity contribution in [2.75, 3.05) is 45.9 Å². The number of hydrogen-bond acceptors (Lipinski definition) is 5. The number of carbonyl (C=O) groups is 1. The first-order valence-electron chi connectivity index (χ1n) is 11.1. The second-order valence-corrected chi connectivity index (χ2v) is 8.21. The summed E-state index contributed by atoms with van der Waals surface area (Å²) in [6, 6.07) is 11.6. The number of ether oxygens (including phenoxy) is 2. The number of halogens is 3. The van der Waals surface area contributed by atoms with Gasteiger partial charge in [-0.1, -0.05) is 30.3 Å². The van der Waals surface area contributed by atoms with Crippen LogP contribution < -0.4 is 15.4 Å². The predicted molar refractivity (Wildman–Crippen MR) is 124 cm³/mol. The van der Waals surface area contributed by atoms with E-state index in [0.29, 0.717) is 18.5 Å². The van der Waals surface area contributed by atoms with Crippen molar-refractivity contribution < 1.29 is 23.0 Å². The summed E-state index contributed by atoms with van der Waals surface area (Å²) in [6.45, 7) is 4.99. The third-order valence-electron chi connectivity index (χ3n) is 5.83. The van der Waals surface area contributed by atoms with Gasteiger partial charge in [0, 0.05) is 49.8 Å². The van der Waals surface area contributed by atoms with Gasteiger partial charge in [-0.3, -0.25) is 9.69 Å². The Labute approximate surface area is 199 Å². The quantitative estimate of drug-likeness (QED) is 0.546. The number of hydrogen-bond donors (Lipinski definition) is 2. The lowest BCUT2D eigenvalue weighted by molar-refractivity contribution is -0.120. The summed E-state index contributed by atoms with van der Waals surface area (Å²) in [5.41, 5.74) is 1.41. The minimum absolute atomic E-state index is 0. The van der Waals surface area contributed by atoms with Crippen LogP contribution in [-0.2, 0) is 16.1 Å². The maximum absolute atomic E-state index is 14.5. The molecular formula is C24H30ClF2N3O3. The van der Waals surface area contributed by atoms with E-state index >= 15 is 0 Å². The molecule has 6 nitrogen and oxygen atoms in total. The molecule has 2 aromatic carbocycles. The van der Waals surface area contributed by atoms with Crippen molar-refractivity contribution in [2.45, 2.75) is 25.0 Å². The number of morpholine rings is 1. The molecule has 2 aromatic rings. The van der Waals surface area contributed by atoms with Crippen LogP contribution in [0, 0.1) is 11.6 Å². The van der Waals surface area contributed by atoms with Gasteiger partial charge in [-0.25, -0.2) is 8.78 Å². The third kappa shape index (κ3) is 7.37. The van der Waals surface area contributed by atoms with Gasteiger partial charge in [0.15, 0.2) is 11.6 Å². The first-order chi connectivity index (χ1) is 15.6. The summed E-state index contributed by atoms with van der Waals surface area (Å²) in [7, 11) is 0. The number of benzene rings is 2. The fraction of sp³-hybridized carbons (Fsp3) is 0.458. The molecule has 1 aliphatic carbocycles. The van der Waals surface area contributed by atoms with Gasteiger partial charge in [-0.05, 0) is 18.1 Å². The van der Waals surface area contributed by atoms with E-state index in [1.165, 1.54) is 6.07 Å². The fourth-order valence-corrected chi connectivity index (χ4v) is 3.97. The van der Waals surface area contributed by atoms with Crippen LogP contribution in [0.2, 0.25) is 0 Å². The average molecular weight is 482 g/mol. The van der Waals surface area contributed by atoms with E-state index in [2.05, 4.69) is 15.5 Å². The van der Waals surface area contributed by atoms with Crippen molar-refractivity contribution in [1.29, 1.82) is 0 Å². The summed E-state index contributed by atoms with van der Waals surface area (Å²) in [6.07, 6.45) is 0.700. The van der Waals surface area contributed by atoms with Crippen molar-refractivity contribution in [1.82, 2.24) is 15.5 Å².